The number of carbonyl (C=O) groups excluding carboxylic acids is 1. The maximum Gasteiger partial charge on any atom is 0.333 e. The van der Waals surface area contributed by atoms with Gasteiger partial charge in [-0.1, -0.05) is 134 Å². The van der Waals surface area contributed by atoms with E-state index < -0.39 is 12.1 Å². The number of hydrogen-bond donors (Lipinski definition) is 0. The normalized spacial score (nSPS) is 11.9. The summed E-state index contributed by atoms with van der Waals surface area (Å²) in [7, 11) is 1.66. The van der Waals surface area contributed by atoms with Gasteiger partial charge in [0.25, 0.3) is 0 Å². The van der Waals surface area contributed by atoms with Crippen molar-refractivity contribution in [1.29, 1.82) is 0 Å². The van der Waals surface area contributed by atoms with Gasteiger partial charge in [0.2, 0.25) is 0 Å². The summed E-state index contributed by atoms with van der Waals surface area (Å²) in [6.45, 7) is 8.79. The van der Waals surface area contributed by atoms with Crippen LogP contribution in [0.4, 0.5) is 0 Å². The predicted molar refractivity (Wildman–Crippen MR) is 171 cm³/mol. The van der Waals surface area contributed by atoms with Gasteiger partial charge in [-0.15, -0.1) is 0 Å². The van der Waals surface area contributed by atoms with Crippen molar-refractivity contribution in [2.45, 2.75) is 123 Å². The molecule has 0 aliphatic rings. The van der Waals surface area contributed by atoms with Crippen molar-refractivity contribution >= 4 is 16.7 Å². The third kappa shape index (κ3) is 14.8. The summed E-state index contributed by atoms with van der Waals surface area (Å²) in [6.07, 6.45) is 21.0. The van der Waals surface area contributed by atoms with Gasteiger partial charge in [-0.3, -0.25) is 0 Å². The number of unbranched alkanes of at least 4 members (excludes halogenated alkanes) is 15. The lowest BCUT2D eigenvalue weighted by molar-refractivity contribution is -0.149. The van der Waals surface area contributed by atoms with Crippen molar-refractivity contribution in [3.05, 3.63) is 48.6 Å². The van der Waals surface area contributed by atoms with E-state index in [2.05, 4.69) is 13.5 Å². The van der Waals surface area contributed by atoms with Crippen molar-refractivity contribution < 1.29 is 23.7 Å². The topological polar surface area (TPSA) is 54.0 Å². The minimum atomic E-state index is -0.513. The number of rotatable bonds is 25. The Kier molecular flexibility index (Phi) is 18.7. The first-order valence-electron chi connectivity index (χ1n) is 16.2. The minimum Gasteiger partial charge on any atom is -0.496 e. The van der Waals surface area contributed by atoms with Gasteiger partial charge in [-0.25, -0.2) is 4.79 Å². The Hall–Kier alpha value is -2.53. The lowest BCUT2D eigenvalue weighted by atomic mass is 10.0. The average molecular weight is 569 g/mol. The van der Waals surface area contributed by atoms with Crippen LogP contribution in [-0.2, 0) is 14.3 Å². The highest BCUT2D eigenvalue weighted by atomic mass is 16.6. The molecule has 0 aliphatic carbocycles. The van der Waals surface area contributed by atoms with Crippen LogP contribution in [0.5, 0.6) is 11.5 Å². The number of esters is 1. The molecule has 0 aliphatic heterocycles. The number of hydrogen-bond acceptors (Lipinski definition) is 5. The Morgan fingerprint density at radius 3 is 1.71 bits per heavy atom. The zero-order chi connectivity index (χ0) is 29.5. The van der Waals surface area contributed by atoms with E-state index >= 15 is 0 Å². The van der Waals surface area contributed by atoms with Crippen LogP contribution in [0.3, 0.4) is 0 Å². The second-order valence-corrected chi connectivity index (χ2v) is 11.3. The largest absolute Gasteiger partial charge is 0.496 e. The zero-order valence-corrected chi connectivity index (χ0v) is 26.2. The molecule has 41 heavy (non-hydrogen) atoms. The van der Waals surface area contributed by atoms with Gasteiger partial charge in [0.05, 0.1) is 13.7 Å². The van der Waals surface area contributed by atoms with Gasteiger partial charge in [0, 0.05) is 23.0 Å². The first-order chi connectivity index (χ1) is 20.1. The van der Waals surface area contributed by atoms with E-state index in [-0.39, 0.29) is 6.61 Å². The van der Waals surface area contributed by atoms with E-state index in [1.54, 1.807) is 14.0 Å². The smallest absolute Gasteiger partial charge is 0.333 e. The van der Waals surface area contributed by atoms with Gasteiger partial charge in [0.15, 0.2) is 6.10 Å². The van der Waals surface area contributed by atoms with E-state index in [4.69, 9.17) is 18.9 Å². The average Bonchev–Trinajstić information content (AvgIpc) is 2.98. The van der Waals surface area contributed by atoms with Crippen LogP contribution < -0.4 is 9.47 Å². The fraction of sp³-hybridized carbons (Fsp3) is 0.639. The van der Waals surface area contributed by atoms with Crippen LogP contribution in [0.2, 0.25) is 0 Å². The molecule has 0 N–H and O–H groups in total. The van der Waals surface area contributed by atoms with Crippen molar-refractivity contribution in [1.82, 2.24) is 0 Å². The van der Waals surface area contributed by atoms with E-state index in [9.17, 15) is 4.79 Å². The second-order valence-electron chi connectivity index (χ2n) is 11.3. The molecule has 0 saturated carbocycles. The molecule has 0 fully saturated rings. The molecule has 0 aromatic heterocycles. The molecule has 2 aromatic carbocycles. The fourth-order valence-electron chi connectivity index (χ4n) is 5.07. The molecule has 0 amide bonds. The summed E-state index contributed by atoms with van der Waals surface area (Å²) in [5.41, 5.74) is 0.364. The Bertz CT molecular complexity index is 985. The Morgan fingerprint density at radius 1 is 0.707 bits per heavy atom. The minimum absolute atomic E-state index is 0.203. The summed E-state index contributed by atoms with van der Waals surface area (Å²) < 4.78 is 23.1. The molecule has 0 heterocycles. The van der Waals surface area contributed by atoms with Crippen LogP contribution in [0, 0.1) is 0 Å². The van der Waals surface area contributed by atoms with E-state index in [1.165, 1.54) is 96.3 Å². The van der Waals surface area contributed by atoms with Crippen LogP contribution >= 0.6 is 0 Å². The van der Waals surface area contributed by atoms with Gasteiger partial charge in [-0.2, -0.15) is 0 Å². The van der Waals surface area contributed by atoms with Crippen molar-refractivity contribution in [2.75, 3.05) is 26.9 Å². The zero-order valence-electron chi connectivity index (χ0n) is 26.2. The van der Waals surface area contributed by atoms with Crippen LogP contribution in [0.25, 0.3) is 10.8 Å². The first-order valence-corrected chi connectivity index (χ1v) is 16.2. The molecule has 0 saturated heterocycles. The molecule has 5 heteroatoms. The highest BCUT2D eigenvalue weighted by Crippen LogP contribution is 2.33. The highest BCUT2D eigenvalue weighted by Gasteiger charge is 2.18. The van der Waals surface area contributed by atoms with Crippen molar-refractivity contribution in [3.63, 3.8) is 0 Å². The van der Waals surface area contributed by atoms with Crippen molar-refractivity contribution in [2.24, 2.45) is 0 Å². The lowest BCUT2D eigenvalue weighted by Gasteiger charge is -2.20. The van der Waals surface area contributed by atoms with Gasteiger partial charge in [-0.05, 0) is 25.5 Å². The molecule has 2 rings (SSSR count). The monoisotopic (exact) mass is 568 g/mol. The third-order valence-corrected chi connectivity index (χ3v) is 7.56. The maximum atomic E-state index is 12.2. The standard InChI is InChI=1S/C36H56O5/c1-5-6-7-8-9-10-11-12-13-14-15-16-17-18-19-22-27-39-28-31(41-36(37)30(2)3)29-40-35-26-25-34(38-4)32-23-20-21-24-33(32)35/h20-21,23-26,31H,2,5-19,22,27-29H2,1,3-4H3. The van der Waals surface area contributed by atoms with Crippen molar-refractivity contribution in [3.8, 4) is 11.5 Å². The molecule has 5 nitrogen and oxygen atoms in total. The molecular weight excluding hydrogens is 512 g/mol. The number of methoxy groups -OCH3 is 1. The Labute approximate surface area is 250 Å². The van der Waals surface area contributed by atoms with Gasteiger partial charge in [0.1, 0.15) is 18.1 Å². The van der Waals surface area contributed by atoms with Crippen LogP contribution in [0.1, 0.15) is 117 Å². The molecule has 2 aromatic rings. The predicted octanol–water partition coefficient (Wildman–Crippen LogP) is 9.99. The van der Waals surface area contributed by atoms with Gasteiger partial charge >= 0.3 is 5.97 Å². The summed E-state index contributed by atoms with van der Waals surface area (Å²) in [6, 6.07) is 11.7. The number of benzene rings is 2. The van der Waals surface area contributed by atoms with Gasteiger partial charge < -0.3 is 18.9 Å². The number of ether oxygens (including phenoxy) is 4. The molecule has 0 bridgehead atoms. The Balaban J connectivity index is 1.58. The number of fused-ring (bicyclic) bond motifs is 1. The molecule has 0 radical (unpaired) electrons. The van der Waals surface area contributed by atoms with Crippen LogP contribution in [0.15, 0.2) is 48.6 Å². The fourth-order valence-corrected chi connectivity index (χ4v) is 5.07. The van der Waals surface area contributed by atoms with E-state index in [1.807, 2.05) is 36.4 Å². The molecule has 0 spiro atoms. The molecular formula is C36H56O5. The summed E-state index contributed by atoms with van der Waals surface area (Å²) in [4.78, 5) is 12.2. The molecule has 230 valence electrons. The first kappa shape index (κ1) is 34.7. The molecule has 1 unspecified atom stereocenters. The summed E-state index contributed by atoms with van der Waals surface area (Å²) >= 11 is 0. The maximum absolute atomic E-state index is 12.2. The highest BCUT2D eigenvalue weighted by molar-refractivity contribution is 5.93. The summed E-state index contributed by atoms with van der Waals surface area (Å²) in [5.74, 6) is 1.08. The molecule has 1 atom stereocenters. The third-order valence-electron chi connectivity index (χ3n) is 7.56. The SMILES string of the molecule is C=C(C)C(=O)OC(COCCCCCCCCCCCCCCCCCC)COc1ccc(OC)c2ccccc12. The van der Waals surface area contributed by atoms with E-state index in [0.717, 1.165) is 28.7 Å². The summed E-state index contributed by atoms with van der Waals surface area (Å²) in [5, 5.41) is 1.92. The quantitative estimate of drug-likeness (QED) is 0.0677. The van der Waals surface area contributed by atoms with E-state index in [0.29, 0.717) is 18.8 Å². The number of carbonyl (C=O) groups is 1. The Morgan fingerprint density at radius 2 is 1.20 bits per heavy atom. The van der Waals surface area contributed by atoms with Crippen LogP contribution in [-0.4, -0.2) is 39.0 Å². The second kappa shape index (κ2) is 22.1. The lowest BCUT2D eigenvalue weighted by Crippen LogP contribution is -2.30.